The molecule has 0 radical (unpaired) electrons. The fourth-order valence-corrected chi connectivity index (χ4v) is 3.47. The lowest BCUT2D eigenvalue weighted by Gasteiger charge is -2.21. The van der Waals surface area contributed by atoms with Crippen molar-refractivity contribution in [3.05, 3.63) is 63.2 Å². The summed E-state index contributed by atoms with van der Waals surface area (Å²) in [4.78, 5) is 16.3. The van der Waals surface area contributed by atoms with Crippen molar-refractivity contribution >= 4 is 22.1 Å². The first-order valence-corrected chi connectivity index (χ1v) is 8.40. The maximum atomic E-state index is 12.6. The molecule has 3 aromatic rings. The van der Waals surface area contributed by atoms with Gasteiger partial charge in [0.25, 0.3) is 5.56 Å². The van der Waals surface area contributed by atoms with Gasteiger partial charge in [-0.25, -0.2) is 4.68 Å². The third-order valence-corrected chi connectivity index (χ3v) is 4.94. The van der Waals surface area contributed by atoms with Crippen molar-refractivity contribution in [1.82, 2.24) is 14.7 Å². The van der Waals surface area contributed by atoms with E-state index in [9.17, 15) is 4.79 Å². The maximum absolute atomic E-state index is 12.6. The zero-order chi connectivity index (χ0) is 14.9. The Hall–Kier alpha value is -1.98. The first-order chi connectivity index (χ1) is 10.8. The highest BCUT2D eigenvalue weighted by atomic mass is 32.1. The van der Waals surface area contributed by atoms with Gasteiger partial charge in [-0.1, -0.05) is 24.3 Å². The summed E-state index contributed by atoms with van der Waals surface area (Å²) >= 11 is 1.76. The molecule has 0 bridgehead atoms. The lowest BCUT2D eigenvalue weighted by atomic mass is 10.2. The van der Waals surface area contributed by atoms with Crippen molar-refractivity contribution in [2.24, 2.45) is 0 Å². The number of thiophene rings is 1. The highest BCUT2D eigenvalue weighted by Gasteiger charge is 2.29. The summed E-state index contributed by atoms with van der Waals surface area (Å²) in [6.45, 7) is 1.45. The largest absolute Gasteiger partial charge is 0.276 e. The Morgan fingerprint density at radius 2 is 2.09 bits per heavy atom. The summed E-state index contributed by atoms with van der Waals surface area (Å²) < 4.78 is 1.59. The van der Waals surface area contributed by atoms with E-state index in [1.165, 1.54) is 17.7 Å². The minimum absolute atomic E-state index is 0.00469. The summed E-state index contributed by atoms with van der Waals surface area (Å²) in [6.07, 6.45) is 4.22. The zero-order valence-corrected chi connectivity index (χ0v) is 13.0. The van der Waals surface area contributed by atoms with Crippen LogP contribution in [-0.2, 0) is 13.2 Å². The predicted octanol–water partition coefficient (Wildman–Crippen LogP) is 3.08. The van der Waals surface area contributed by atoms with E-state index in [4.69, 9.17) is 0 Å². The standard InChI is InChI=1S/C17H17N3OS/c21-17-16-6-2-1-4-13(16)10-18-20(17)12-19(14-7-8-14)11-15-5-3-9-22-15/h1-6,9-10,14H,7-8,11-12H2. The quantitative estimate of drug-likeness (QED) is 0.727. The lowest BCUT2D eigenvalue weighted by molar-refractivity contribution is 0.186. The second-order valence-corrected chi connectivity index (χ2v) is 6.77. The molecule has 0 atom stereocenters. The molecule has 0 unspecified atom stereocenters. The van der Waals surface area contributed by atoms with E-state index < -0.39 is 0 Å². The Morgan fingerprint density at radius 1 is 1.23 bits per heavy atom. The monoisotopic (exact) mass is 311 g/mol. The number of rotatable bonds is 5. The van der Waals surface area contributed by atoms with E-state index in [-0.39, 0.29) is 5.56 Å². The molecule has 0 saturated heterocycles. The second kappa shape index (κ2) is 5.66. The van der Waals surface area contributed by atoms with E-state index in [2.05, 4.69) is 27.5 Å². The van der Waals surface area contributed by atoms with Crippen LogP contribution in [0.1, 0.15) is 17.7 Å². The number of hydrogen-bond acceptors (Lipinski definition) is 4. The van der Waals surface area contributed by atoms with Crippen LogP contribution < -0.4 is 5.56 Å². The van der Waals surface area contributed by atoms with Gasteiger partial charge in [-0.05, 0) is 30.4 Å². The Labute approximate surface area is 132 Å². The summed E-state index contributed by atoms with van der Waals surface area (Å²) in [5.41, 5.74) is -0.00469. The van der Waals surface area contributed by atoms with Crippen molar-refractivity contribution in [3.8, 4) is 0 Å². The lowest BCUT2D eigenvalue weighted by Crippen LogP contribution is -2.34. The molecule has 1 saturated carbocycles. The first kappa shape index (κ1) is 13.7. The molecule has 112 valence electrons. The van der Waals surface area contributed by atoms with Gasteiger partial charge in [0.05, 0.1) is 18.3 Å². The van der Waals surface area contributed by atoms with Crippen molar-refractivity contribution in [2.45, 2.75) is 32.1 Å². The van der Waals surface area contributed by atoms with Gasteiger partial charge in [-0.2, -0.15) is 5.10 Å². The molecule has 1 aromatic carbocycles. The van der Waals surface area contributed by atoms with Gasteiger partial charge in [0.2, 0.25) is 0 Å². The van der Waals surface area contributed by atoms with Gasteiger partial charge in [0.15, 0.2) is 0 Å². The fourth-order valence-electron chi connectivity index (χ4n) is 2.74. The van der Waals surface area contributed by atoms with E-state index in [0.29, 0.717) is 12.7 Å². The molecule has 22 heavy (non-hydrogen) atoms. The van der Waals surface area contributed by atoms with Crippen LogP contribution in [-0.4, -0.2) is 20.7 Å². The van der Waals surface area contributed by atoms with Crippen LogP contribution in [0.25, 0.3) is 10.8 Å². The number of nitrogens with zero attached hydrogens (tertiary/aromatic N) is 3. The summed E-state index contributed by atoms with van der Waals surface area (Å²) in [5.74, 6) is 0. The van der Waals surface area contributed by atoms with Crippen LogP contribution in [0.3, 0.4) is 0 Å². The minimum atomic E-state index is -0.00469. The molecule has 0 N–H and O–H groups in total. The van der Waals surface area contributed by atoms with E-state index in [0.717, 1.165) is 17.3 Å². The third-order valence-electron chi connectivity index (χ3n) is 4.08. The van der Waals surface area contributed by atoms with Crippen LogP contribution in [0.15, 0.2) is 52.8 Å². The van der Waals surface area contributed by atoms with E-state index >= 15 is 0 Å². The van der Waals surface area contributed by atoms with Crippen LogP contribution in [0.5, 0.6) is 0 Å². The number of aromatic nitrogens is 2. The topological polar surface area (TPSA) is 38.1 Å². The average Bonchev–Trinajstić information content (AvgIpc) is 3.27. The highest BCUT2D eigenvalue weighted by Crippen LogP contribution is 2.29. The minimum Gasteiger partial charge on any atom is -0.276 e. The Morgan fingerprint density at radius 3 is 2.86 bits per heavy atom. The summed E-state index contributed by atoms with van der Waals surface area (Å²) in [5, 5.41) is 8.09. The second-order valence-electron chi connectivity index (χ2n) is 5.74. The van der Waals surface area contributed by atoms with Gasteiger partial charge >= 0.3 is 0 Å². The average molecular weight is 311 g/mol. The SMILES string of the molecule is O=c1c2ccccc2cnn1CN(Cc1cccs1)C1CC1. The smallest absolute Gasteiger partial charge is 0.275 e. The Bertz CT molecular complexity index is 836. The fraction of sp³-hybridized carbons (Fsp3) is 0.294. The molecule has 1 fully saturated rings. The Kier molecular flexibility index (Phi) is 3.52. The van der Waals surface area contributed by atoms with Gasteiger partial charge in [0, 0.05) is 22.8 Å². The zero-order valence-electron chi connectivity index (χ0n) is 12.2. The Balaban J connectivity index is 1.63. The normalized spacial score (nSPS) is 14.8. The molecule has 2 aromatic heterocycles. The summed E-state index contributed by atoms with van der Waals surface area (Å²) in [6, 6.07) is 12.4. The van der Waals surface area contributed by atoms with Crippen molar-refractivity contribution in [3.63, 3.8) is 0 Å². The van der Waals surface area contributed by atoms with Crippen molar-refractivity contribution in [2.75, 3.05) is 0 Å². The molecule has 0 aliphatic heterocycles. The molecule has 4 rings (SSSR count). The molecule has 0 spiro atoms. The van der Waals surface area contributed by atoms with Gasteiger partial charge in [-0.3, -0.25) is 9.69 Å². The molecule has 4 nitrogen and oxygen atoms in total. The molecule has 5 heteroatoms. The van der Waals surface area contributed by atoms with Gasteiger partial charge in [0.1, 0.15) is 0 Å². The van der Waals surface area contributed by atoms with Crippen LogP contribution in [0.4, 0.5) is 0 Å². The summed E-state index contributed by atoms with van der Waals surface area (Å²) in [7, 11) is 0. The van der Waals surface area contributed by atoms with Crippen LogP contribution in [0, 0.1) is 0 Å². The number of hydrogen-bond donors (Lipinski definition) is 0. The van der Waals surface area contributed by atoms with E-state index in [1.807, 2.05) is 24.3 Å². The predicted molar refractivity (Wildman–Crippen MR) is 88.9 cm³/mol. The van der Waals surface area contributed by atoms with Crippen LogP contribution >= 0.6 is 11.3 Å². The van der Waals surface area contributed by atoms with E-state index in [1.54, 1.807) is 22.2 Å². The third kappa shape index (κ3) is 2.69. The van der Waals surface area contributed by atoms with Crippen LogP contribution in [0.2, 0.25) is 0 Å². The number of fused-ring (bicyclic) bond motifs is 1. The molecule has 1 aliphatic rings. The molecule has 0 amide bonds. The molecular weight excluding hydrogens is 294 g/mol. The van der Waals surface area contributed by atoms with Crippen molar-refractivity contribution < 1.29 is 0 Å². The molecule has 1 aliphatic carbocycles. The highest BCUT2D eigenvalue weighted by molar-refractivity contribution is 7.09. The van der Waals surface area contributed by atoms with Gasteiger partial charge < -0.3 is 0 Å². The maximum Gasteiger partial charge on any atom is 0.275 e. The first-order valence-electron chi connectivity index (χ1n) is 7.52. The number of benzene rings is 1. The van der Waals surface area contributed by atoms with Gasteiger partial charge in [-0.15, -0.1) is 11.3 Å². The van der Waals surface area contributed by atoms with Crippen molar-refractivity contribution in [1.29, 1.82) is 0 Å². The molecular formula is C17H17N3OS. The molecule has 2 heterocycles.